The minimum absolute atomic E-state index is 0.0658. The van der Waals surface area contributed by atoms with Crippen LogP contribution in [0.15, 0.2) is 66.7 Å². The average Bonchev–Trinajstić information content (AvgIpc) is 3.37. The van der Waals surface area contributed by atoms with E-state index in [-0.39, 0.29) is 17.9 Å². The lowest BCUT2D eigenvalue weighted by molar-refractivity contribution is -0.125. The highest BCUT2D eigenvalue weighted by Gasteiger charge is 2.42. The Kier molecular flexibility index (Phi) is 8.64. The molecule has 1 amide bonds. The summed E-state index contributed by atoms with van der Waals surface area (Å²) < 4.78 is 28.4. The lowest BCUT2D eigenvalue weighted by Crippen LogP contribution is -2.53. The molecule has 3 aromatic rings. The van der Waals surface area contributed by atoms with Gasteiger partial charge < -0.3 is 10.2 Å². The fourth-order valence-corrected chi connectivity index (χ4v) is 5.97. The van der Waals surface area contributed by atoms with Crippen molar-refractivity contribution in [2.45, 2.75) is 24.8 Å². The van der Waals surface area contributed by atoms with E-state index in [2.05, 4.69) is 15.1 Å². The molecule has 2 fully saturated rings. The maximum Gasteiger partial charge on any atom is 0.227 e. The Morgan fingerprint density at radius 2 is 1.37 bits per heavy atom. The average molecular weight is 559 g/mol. The molecule has 1 atom stereocenters. The Balaban J connectivity index is 1.36. The molecule has 0 aliphatic carbocycles. The third kappa shape index (κ3) is 6.37. The highest BCUT2D eigenvalue weighted by atomic mass is 35.5. The SMILES string of the molecule is O=C(NCCN1CCCC1)[C@H](c1cc(F)cc(F)c1)C1CN(C(c2ccc(Cl)cc2)c2ccc(Cl)cc2)C1. The van der Waals surface area contributed by atoms with Gasteiger partial charge in [0.15, 0.2) is 0 Å². The molecule has 8 heteroatoms. The highest BCUT2D eigenvalue weighted by Crippen LogP contribution is 2.40. The van der Waals surface area contributed by atoms with Gasteiger partial charge in [0, 0.05) is 48.2 Å². The summed E-state index contributed by atoms with van der Waals surface area (Å²) in [6, 6.07) is 18.8. The van der Waals surface area contributed by atoms with Crippen molar-refractivity contribution in [3.63, 3.8) is 0 Å². The quantitative estimate of drug-likeness (QED) is 0.336. The van der Waals surface area contributed by atoms with Crippen LogP contribution in [0.5, 0.6) is 0 Å². The van der Waals surface area contributed by atoms with Crippen LogP contribution in [0.2, 0.25) is 10.0 Å². The second kappa shape index (κ2) is 12.1. The maximum absolute atomic E-state index is 14.2. The summed E-state index contributed by atoms with van der Waals surface area (Å²) in [5.41, 5.74) is 2.51. The van der Waals surface area contributed by atoms with Gasteiger partial charge in [-0.15, -0.1) is 0 Å². The molecule has 5 rings (SSSR count). The third-order valence-electron chi connectivity index (χ3n) is 7.60. The Morgan fingerprint density at radius 1 is 0.842 bits per heavy atom. The minimum atomic E-state index is -0.675. The first-order valence-corrected chi connectivity index (χ1v) is 13.8. The molecule has 200 valence electrons. The molecule has 0 unspecified atom stereocenters. The molecule has 0 bridgehead atoms. The Morgan fingerprint density at radius 3 is 1.89 bits per heavy atom. The van der Waals surface area contributed by atoms with Crippen LogP contribution >= 0.6 is 23.2 Å². The monoisotopic (exact) mass is 557 g/mol. The van der Waals surface area contributed by atoms with Gasteiger partial charge in [-0.25, -0.2) is 8.78 Å². The fourth-order valence-electron chi connectivity index (χ4n) is 5.72. The number of halogens is 4. The number of nitrogens with one attached hydrogen (secondary N) is 1. The predicted octanol–water partition coefficient (Wildman–Crippen LogP) is 6.29. The molecular formula is C30H31Cl2F2N3O. The largest absolute Gasteiger partial charge is 0.354 e. The van der Waals surface area contributed by atoms with Crippen molar-refractivity contribution in [2.24, 2.45) is 5.92 Å². The van der Waals surface area contributed by atoms with Gasteiger partial charge in [-0.2, -0.15) is 0 Å². The van der Waals surface area contributed by atoms with Gasteiger partial charge >= 0.3 is 0 Å². The minimum Gasteiger partial charge on any atom is -0.354 e. The zero-order valence-corrected chi connectivity index (χ0v) is 22.6. The molecule has 2 heterocycles. The summed E-state index contributed by atoms with van der Waals surface area (Å²) in [6.45, 7) is 4.58. The van der Waals surface area contributed by atoms with Crippen molar-refractivity contribution in [1.82, 2.24) is 15.1 Å². The number of amides is 1. The number of hydrogen-bond acceptors (Lipinski definition) is 3. The Hall–Kier alpha value is -2.51. The van der Waals surface area contributed by atoms with E-state index in [0.29, 0.717) is 35.2 Å². The van der Waals surface area contributed by atoms with Crippen molar-refractivity contribution in [1.29, 1.82) is 0 Å². The van der Waals surface area contributed by atoms with Crippen LogP contribution in [0.3, 0.4) is 0 Å². The third-order valence-corrected chi connectivity index (χ3v) is 8.10. The van der Waals surface area contributed by atoms with Crippen molar-refractivity contribution in [2.75, 3.05) is 39.3 Å². The van der Waals surface area contributed by atoms with E-state index >= 15 is 0 Å². The van der Waals surface area contributed by atoms with Crippen molar-refractivity contribution in [3.05, 3.63) is 105 Å². The van der Waals surface area contributed by atoms with Crippen molar-refractivity contribution < 1.29 is 13.6 Å². The number of nitrogens with zero attached hydrogens (tertiary/aromatic N) is 2. The summed E-state index contributed by atoms with van der Waals surface area (Å²) in [4.78, 5) is 18.0. The van der Waals surface area contributed by atoms with Gasteiger partial charge in [-0.3, -0.25) is 9.69 Å². The zero-order valence-electron chi connectivity index (χ0n) is 21.1. The van der Waals surface area contributed by atoms with Crippen LogP contribution in [-0.4, -0.2) is 55.0 Å². The summed E-state index contributed by atoms with van der Waals surface area (Å²) in [7, 11) is 0. The molecule has 38 heavy (non-hydrogen) atoms. The second-order valence-corrected chi connectivity index (χ2v) is 11.1. The molecule has 0 aromatic heterocycles. The first-order valence-electron chi connectivity index (χ1n) is 13.1. The molecule has 0 spiro atoms. The molecule has 2 aliphatic rings. The Labute approximate surface area is 232 Å². The molecule has 3 aromatic carbocycles. The van der Waals surface area contributed by atoms with E-state index in [9.17, 15) is 13.6 Å². The van der Waals surface area contributed by atoms with Crippen LogP contribution in [0.4, 0.5) is 8.78 Å². The van der Waals surface area contributed by atoms with Crippen molar-refractivity contribution >= 4 is 29.1 Å². The van der Waals surface area contributed by atoms with Gasteiger partial charge in [-0.1, -0.05) is 47.5 Å². The van der Waals surface area contributed by atoms with Crippen molar-refractivity contribution in [3.8, 4) is 0 Å². The van der Waals surface area contributed by atoms with Crippen LogP contribution in [0, 0.1) is 17.6 Å². The molecule has 2 aliphatic heterocycles. The predicted molar refractivity (Wildman–Crippen MR) is 148 cm³/mol. The first kappa shape index (κ1) is 27.1. The van der Waals surface area contributed by atoms with E-state index < -0.39 is 17.6 Å². The first-order chi connectivity index (χ1) is 18.4. The number of benzene rings is 3. The maximum atomic E-state index is 14.2. The fraction of sp³-hybridized carbons (Fsp3) is 0.367. The van der Waals surface area contributed by atoms with E-state index in [0.717, 1.165) is 36.8 Å². The molecule has 4 nitrogen and oxygen atoms in total. The van der Waals surface area contributed by atoms with E-state index in [1.807, 2.05) is 48.5 Å². The standard InChI is InChI=1S/C30H31Cl2F2N3O/c31-24-7-3-20(4-8-24)29(21-5-9-25(32)10-6-21)37-18-23(19-37)28(22-15-26(33)17-27(34)16-22)30(38)35-11-14-36-12-1-2-13-36/h3-10,15-17,23,28-29H,1-2,11-14,18-19H2,(H,35,38)/t28-/m1/s1. The van der Waals surface area contributed by atoms with Gasteiger partial charge in [0.2, 0.25) is 5.91 Å². The lowest BCUT2D eigenvalue weighted by Gasteiger charge is -2.47. The van der Waals surface area contributed by atoms with Crippen LogP contribution in [0.1, 0.15) is 41.5 Å². The molecular weight excluding hydrogens is 527 g/mol. The summed E-state index contributed by atoms with van der Waals surface area (Å²) in [5, 5.41) is 4.36. The van der Waals surface area contributed by atoms with E-state index in [1.165, 1.54) is 25.0 Å². The van der Waals surface area contributed by atoms with Crippen LogP contribution in [-0.2, 0) is 4.79 Å². The van der Waals surface area contributed by atoms with E-state index in [4.69, 9.17) is 23.2 Å². The van der Waals surface area contributed by atoms with Gasteiger partial charge in [-0.05, 0) is 79.0 Å². The number of rotatable bonds is 9. The summed E-state index contributed by atoms with van der Waals surface area (Å²) in [6.07, 6.45) is 2.36. The summed E-state index contributed by atoms with van der Waals surface area (Å²) in [5.74, 6) is -2.28. The van der Waals surface area contributed by atoms with E-state index in [1.54, 1.807) is 0 Å². The number of hydrogen-bond donors (Lipinski definition) is 1. The molecule has 0 saturated carbocycles. The van der Waals surface area contributed by atoms with Gasteiger partial charge in [0.05, 0.1) is 12.0 Å². The number of likely N-dealkylation sites (tertiary alicyclic amines) is 2. The summed E-state index contributed by atoms with van der Waals surface area (Å²) >= 11 is 12.3. The number of carbonyl (C=O) groups is 1. The normalized spacial score (nSPS) is 17.5. The molecule has 0 radical (unpaired) electrons. The smallest absolute Gasteiger partial charge is 0.227 e. The highest BCUT2D eigenvalue weighted by molar-refractivity contribution is 6.30. The zero-order chi connectivity index (χ0) is 26.6. The second-order valence-electron chi connectivity index (χ2n) is 10.2. The van der Waals surface area contributed by atoms with Crippen LogP contribution in [0.25, 0.3) is 0 Å². The lowest BCUT2D eigenvalue weighted by atomic mass is 9.78. The topological polar surface area (TPSA) is 35.6 Å². The number of carbonyl (C=O) groups excluding carboxylic acids is 1. The van der Waals surface area contributed by atoms with Gasteiger partial charge in [0.25, 0.3) is 0 Å². The van der Waals surface area contributed by atoms with Gasteiger partial charge in [0.1, 0.15) is 11.6 Å². The molecule has 2 saturated heterocycles. The van der Waals surface area contributed by atoms with Crippen LogP contribution < -0.4 is 5.32 Å². The Bertz CT molecular complexity index is 1180. The molecule has 1 N–H and O–H groups in total.